The molecule has 1 N–H and O–H groups in total. The number of carbonyl (C=O) groups is 3. The van der Waals surface area contributed by atoms with Crippen molar-refractivity contribution >= 4 is 39.1 Å². The van der Waals surface area contributed by atoms with Gasteiger partial charge in [0.05, 0.1) is 10.6 Å². The van der Waals surface area contributed by atoms with Gasteiger partial charge in [-0.25, -0.2) is 12.7 Å². The maximum absolute atomic E-state index is 12.8. The second-order valence-corrected chi connectivity index (χ2v) is 10.8. The van der Waals surface area contributed by atoms with Crippen LogP contribution in [-0.4, -0.2) is 75.7 Å². The van der Waals surface area contributed by atoms with Crippen molar-refractivity contribution in [2.24, 2.45) is 0 Å². The highest BCUT2D eigenvalue weighted by molar-refractivity contribution is 7.89. The summed E-state index contributed by atoms with van der Waals surface area (Å²) in [6, 6.07) is 10.5. The minimum Gasteiger partial charge on any atom is -0.482 e. The molecule has 0 radical (unpaired) electrons. The highest BCUT2D eigenvalue weighted by atomic mass is 32.2. The predicted molar refractivity (Wildman–Crippen MR) is 130 cm³/mol. The molecule has 35 heavy (non-hydrogen) atoms. The molecule has 1 saturated heterocycles. The summed E-state index contributed by atoms with van der Waals surface area (Å²) >= 11 is 0. The van der Waals surface area contributed by atoms with E-state index in [1.807, 2.05) is 0 Å². The standard InChI is InChI=1S/C24H28N4O6S/c1-26(2)35(32,33)19-9-6-17(7-10-19)24(31)25-18-8-11-21-20(14-18)28(23(30)16-34-21)15-22(29)27-12-4-3-5-13-27/h6-11,14H,3-5,12-13,15-16H2,1-2H3,(H,25,31). The molecular formula is C24H28N4O6S. The van der Waals surface area contributed by atoms with E-state index >= 15 is 0 Å². The minimum atomic E-state index is -3.60. The minimum absolute atomic E-state index is 0.0810. The van der Waals surface area contributed by atoms with E-state index in [4.69, 9.17) is 4.74 Å². The van der Waals surface area contributed by atoms with Gasteiger partial charge in [-0.15, -0.1) is 0 Å². The molecule has 0 spiro atoms. The number of ether oxygens (including phenoxy) is 1. The summed E-state index contributed by atoms with van der Waals surface area (Å²) < 4.78 is 31.1. The maximum atomic E-state index is 12.8. The molecule has 10 nitrogen and oxygen atoms in total. The maximum Gasteiger partial charge on any atom is 0.265 e. The lowest BCUT2D eigenvalue weighted by Crippen LogP contribution is -2.47. The van der Waals surface area contributed by atoms with Crippen LogP contribution in [-0.2, 0) is 19.6 Å². The Morgan fingerprint density at radius 1 is 1.03 bits per heavy atom. The van der Waals surface area contributed by atoms with Crippen molar-refractivity contribution in [2.45, 2.75) is 24.2 Å². The molecule has 2 heterocycles. The van der Waals surface area contributed by atoms with Crippen molar-refractivity contribution in [3.05, 3.63) is 48.0 Å². The number of nitrogens with one attached hydrogen (secondary N) is 1. The van der Waals surface area contributed by atoms with Crippen LogP contribution in [0.4, 0.5) is 11.4 Å². The summed E-state index contributed by atoms with van der Waals surface area (Å²) in [5.74, 6) is -0.442. The highest BCUT2D eigenvalue weighted by Crippen LogP contribution is 2.35. The average Bonchev–Trinajstić information content (AvgIpc) is 2.86. The number of fused-ring (bicyclic) bond motifs is 1. The molecule has 2 aromatic carbocycles. The van der Waals surface area contributed by atoms with Crippen molar-refractivity contribution in [1.29, 1.82) is 0 Å². The Hall–Kier alpha value is -3.44. The Bertz CT molecular complexity index is 1240. The Morgan fingerprint density at radius 2 is 1.71 bits per heavy atom. The van der Waals surface area contributed by atoms with Crippen LogP contribution < -0.4 is 15.0 Å². The number of anilines is 2. The first-order valence-electron chi connectivity index (χ1n) is 11.4. The van der Waals surface area contributed by atoms with Gasteiger partial charge in [-0.2, -0.15) is 0 Å². The largest absolute Gasteiger partial charge is 0.482 e. The summed E-state index contributed by atoms with van der Waals surface area (Å²) in [6.07, 6.45) is 3.01. The molecule has 0 aromatic heterocycles. The van der Waals surface area contributed by atoms with E-state index in [0.29, 0.717) is 30.2 Å². The third kappa shape index (κ3) is 5.30. The highest BCUT2D eigenvalue weighted by Gasteiger charge is 2.30. The van der Waals surface area contributed by atoms with E-state index in [1.54, 1.807) is 23.1 Å². The van der Waals surface area contributed by atoms with Crippen LogP contribution in [0.25, 0.3) is 0 Å². The van der Waals surface area contributed by atoms with Gasteiger partial charge in [0.2, 0.25) is 15.9 Å². The van der Waals surface area contributed by atoms with Gasteiger partial charge in [-0.1, -0.05) is 0 Å². The molecule has 2 aromatic rings. The van der Waals surface area contributed by atoms with E-state index in [1.165, 1.54) is 43.3 Å². The van der Waals surface area contributed by atoms with Crippen molar-refractivity contribution in [3.8, 4) is 5.75 Å². The summed E-state index contributed by atoms with van der Waals surface area (Å²) in [5.41, 5.74) is 1.09. The molecule has 11 heteroatoms. The molecule has 2 aliphatic heterocycles. The Kier molecular flexibility index (Phi) is 7.08. The molecule has 0 saturated carbocycles. The number of sulfonamides is 1. The van der Waals surface area contributed by atoms with Gasteiger partial charge in [0, 0.05) is 38.4 Å². The lowest BCUT2D eigenvalue weighted by Gasteiger charge is -2.33. The smallest absolute Gasteiger partial charge is 0.265 e. The van der Waals surface area contributed by atoms with Gasteiger partial charge in [-0.3, -0.25) is 19.3 Å². The van der Waals surface area contributed by atoms with Crippen LogP contribution in [0.5, 0.6) is 5.75 Å². The van der Waals surface area contributed by atoms with Gasteiger partial charge in [0.25, 0.3) is 11.8 Å². The number of amides is 3. The number of carbonyl (C=O) groups excluding carboxylic acids is 3. The Morgan fingerprint density at radius 3 is 2.37 bits per heavy atom. The summed E-state index contributed by atoms with van der Waals surface area (Å²) in [7, 11) is -0.730. The number of hydrogen-bond donors (Lipinski definition) is 1. The topological polar surface area (TPSA) is 116 Å². The fourth-order valence-corrected chi connectivity index (χ4v) is 4.93. The number of benzene rings is 2. The molecule has 0 aliphatic carbocycles. The zero-order chi connectivity index (χ0) is 25.2. The fourth-order valence-electron chi connectivity index (χ4n) is 4.02. The van der Waals surface area contributed by atoms with Crippen LogP contribution in [0.15, 0.2) is 47.4 Å². The molecule has 0 bridgehead atoms. The Labute approximate surface area is 204 Å². The van der Waals surface area contributed by atoms with Crippen LogP contribution in [0.1, 0.15) is 29.6 Å². The van der Waals surface area contributed by atoms with Crippen molar-refractivity contribution in [2.75, 3.05) is 50.6 Å². The van der Waals surface area contributed by atoms with Crippen LogP contribution >= 0.6 is 0 Å². The molecule has 4 rings (SSSR count). The lowest BCUT2D eigenvalue weighted by molar-refractivity contribution is -0.132. The number of likely N-dealkylation sites (tertiary alicyclic amines) is 1. The first-order valence-corrected chi connectivity index (χ1v) is 12.8. The summed E-state index contributed by atoms with van der Waals surface area (Å²) in [6.45, 7) is 1.13. The second kappa shape index (κ2) is 10.0. The van der Waals surface area contributed by atoms with Crippen molar-refractivity contribution in [1.82, 2.24) is 9.21 Å². The first kappa shape index (κ1) is 24.7. The van der Waals surface area contributed by atoms with Gasteiger partial charge in [0.1, 0.15) is 12.3 Å². The molecule has 186 valence electrons. The molecule has 3 amide bonds. The second-order valence-electron chi connectivity index (χ2n) is 8.66. The zero-order valence-electron chi connectivity index (χ0n) is 19.7. The SMILES string of the molecule is CN(C)S(=O)(=O)c1ccc(C(=O)Nc2ccc3c(c2)N(CC(=O)N2CCCCC2)C(=O)CO3)cc1. The average molecular weight is 501 g/mol. The number of piperidine rings is 1. The quantitative estimate of drug-likeness (QED) is 0.648. The van der Waals surface area contributed by atoms with E-state index in [0.717, 1.165) is 23.6 Å². The predicted octanol–water partition coefficient (Wildman–Crippen LogP) is 1.93. The van der Waals surface area contributed by atoms with Crippen LogP contribution in [0.2, 0.25) is 0 Å². The van der Waals surface area contributed by atoms with Crippen LogP contribution in [0, 0.1) is 0 Å². The molecular weight excluding hydrogens is 472 g/mol. The normalized spacial score (nSPS) is 16.0. The van der Waals surface area contributed by atoms with Gasteiger partial charge in [0.15, 0.2) is 6.61 Å². The summed E-state index contributed by atoms with van der Waals surface area (Å²) in [4.78, 5) is 41.4. The van der Waals surface area contributed by atoms with E-state index < -0.39 is 15.9 Å². The monoisotopic (exact) mass is 500 g/mol. The molecule has 0 atom stereocenters. The number of hydrogen-bond acceptors (Lipinski definition) is 6. The molecule has 2 aliphatic rings. The summed E-state index contributed by atoms with van der Waals surface area (Å²) in [5, 5.41) is 2.75. The van der Waals surface area contributed by atoms with Gasteiger partial charge >= 0.3 is 0 Å². The van der Waals surface area contributed by atoms with Crippen molar-refractivity contribution in [3.63, 3.8) is 0 Å². The Balaban J connectivity index is 1.50. The van der Waals surface area contributed by atoms with Gasteiger partial charge < -0.3 is 15.0 Å². The molecule has 0 unspecified atom stereocenters. The van der Waals surface area contributed by atoms with Crippen LogP contribution in [0.3, 0.4) is 0 Å². The third-order valence-electron chi connectivity index (χ3n) is 6.06. The van der Waals surface area contributed by atoms with E-state index in [9.17, 15) is 22.8 Å². The lowest BCUT2D eigenvalue weighted by atomic mass is 10.1. The van der Waals surface area contributed by atoms with Crippen molar-refractivity contribution < 1.29 is 27.5 Å². The first-order chi connectivity index (χ1) is 16.7. The van der Waals surface area contributed by atoms with Gasteiger partial charge in [-0.05, 0) is 61.7 Å². The number of nitrogens with zero attached hydrogens (tertiary/aromatic N) is 3. The van der Waals surface area contributed by atoms with E-state index in [-0.39, 0.29) is 35.4 Å². The third-order valence-corrected chi connectivity index (χ3v) is 7.89. The fraction of sp³-hybridized carbons (Fsp3) is 0.375. The molecule has 1 fully saturated rings. The zero-order valence-corrected chi connectivity index (χ0v) is 20.5. The number of rotatable bonds is 6. The van der Waals surface area contributed by atoms with E-state index in [2.05, 4.69) is 5.32 Å².